The number of aromatic nitrogens is 1. The van der Waals surface area contributed by atoms with Crippen LogP contribution in [0.25, 0.3) is 10.9 Å². The minimum absolute atomic E-state index is 0.0808. The molecule has 19 nitrogen and oxygen atoms in total. The van der Waals surface area contributed by atoms with E-state index in [1.807, 2.05) is 35.4 Å². The summed E-state index contributed by atoms with van der Waals surface area (Å²) in [5.74, 6) is -3.01. The number of nitrogens with zero attached hydrogens (tertiary/aromatic N) is 3. The van der Waals surface area contributed by atoms with Gasteiger partial charge in [0.25, 0.3) is 5.91 Å². The monoisotopic (exact) mass is 738 g/mol. The first-order chi connectivity index (χ1) is 25.5. The summed E-state index contributed by atoms with van der Waals surface area (Å²) >= 11 is 0. The highest BCUT2D eigenvalue weighted by molar-refractivity contribution is 6.07. The first kappa shape index (κ1) is 39.8. The highest BCUT2D eigenvalue weighted by Crippen LogP contribution is 2.24. The third-order valence-corrected chi connectivity index (χ3v) is 9.56. The van der Waals surface area contributed by atoms with Crippen LogP contribution < -0.4 is 21.3 Å². The summed E-state index contributed by atoms with van der Waals surface area (Å²) in [4.78, 5) is 124. The molecule has 1 unspecified atom stereocenters. The standard InChI is InChI=1S/C33H42N8O9.CO2/c1-20(28(44)15-21(29(45)37-26-7-13-50-32(26)48)14-22-16-36-24-5-3-2-4-23(22)24)39-9-11-40(12-10-39)31(47)27(17-35-19-43)41-30(46)25(38-33(41)49)6-8-34-18-42;2-1-3/h2-5,16,18-21,25-27,36H,6-15,17H2,1H3,(H,34,42)(H,35,43)(H,37,45)(H,38,49);/t20-,21-,25-,26?,27-;/m0./s1. The first-order valence-corrected chi connectivity index (χ1v) is 17.1. The van der Waals surface area contributed by atoms with E-state index in [2.05, 4.69) is 26.3 Å². The molecule has 5 rings (SSSR count). The number of aromatic amines is 1. The Hall–Kier alpha value is -5.94. The Morgan fingerprint density at radius 2 is 1.74 bits per heavy atom. The van der Waals surface area contributed by atoms with Crippen LogP contribution in [0, 0.1) is 5.92 Å². The van der Waals surface area contributed by atoms with Crippen LogP contribution in [0.5, 0.6) is 0 Å². The molecule has 0 spiro atoms. The number of fused-ring (bicyclic) bond motifs is 1. The lowest BCUT2D eigenvalue weighted by Gasteiger charge is -2.39. The molecule has 0 saturated carbocycles. The lowest BCUT2D eigenvalue weighted by Crippen LogP contribution is -2.60. The molecule has 2 aromatic rings. The molecule has 1 aromatic carbocycles. The average Bonchev–Trinajstić information content (AvgIpc) is 3.84. The van der Waals surface area contributed by atoms with Crippen molar-refractivity contribution in [3.8, 4) is 0 Å². The van der Waals surface area contributed by atoms with Gasteiger partial charge in [-0.25, -0.2) is 14.5 Å². The van der Waals surface area contributed by atoms with Gasteiger partial charge in [0.15, 0.2) is 0 Å². The number of piperazine rings is 1. The van der Waals surface area contributed by atoms with Gasteiger partial charge in [-0.1, -0.05) is 18.2 Å². The maximum atomic E-state index is 13.7. The van der Waals surface area contributed by atoms with Gasteiger partial charge < -0.3 is 35.9 Å². The van der Waals surface area contributed by atoms with Gasteiger partial charge >= 0.3 is 18.2 Å². The van der Waals surface area contributed by atoms with Crippen molar-refractivity contribution in [1.82, 2.24) is 41.0 Å². The van der Waals surface area contributed by atoms with Crippen LogP contribution in [-0.2, 0) is 54.3 Å². The smallest absolute Gasteiger partial charge is 0.373 e. The van der Waals surface area contributed by atoms with Gasteiger partial charge in [0.05, 0.1) is 12.6 Å². The van der Waals surface area contributed by atoms with Crippen molar-refractivity contribution in [2.24, 2.45) is 5.92 Å². The van der Waals surface area contributed by atoms with Crippen molar-refractivity contribution in [1.29, 1.82) is 0 Å². The van der Waals surface area contributed by atoms with Crippen LogP contribution in [0.2, 0.25) is 0 Å². The number of imide groups is 1. The fourth-order valence-electron chi connectivity index (χ4n) is 6.67. The third kappa shape index (κ3) is 9.90. The van der Waals surface area contributed by atoms with Crippen molar-refractivity contribution in [2.45, 2.75) is 56.8 Å². The molecule has 5 atom stereocenters. The highest BCUT2D eigenvalue weighted by atomic mass is 16.5. The van der Waals surface area contributed by atoms with E-state index in [1.54, 1.807) is 6.92 Å². The predicted octanol–water partition coefficient (Wildman–Crippen LogP) is -2.16. The van der Waals surface area contributed by atoms with E-state index in [4.69, 9.17) is 14.3 Å². The van der Waals surface area contributed by atoms with Crippen molar-refractivity contribution in [3.63, 3.8) is 0 Å². The molecule has 4 heterocycles. The second-order valence-corrected chi connectivity index (χ2v) is 12.7. The van der Waals surface area contributed by atoms with Crippen molar-refractivity contribution in [2.75, 3.05) is 45.9 Å². The Kier molecular flexibility index (Phi) is 14.3. The molecule has 5 N–H and O–H groups in total. The number of cyclic esters (lactones) is 1. The largest absolute Gasteiger partial charge is 0.464 e. The van der Waals surface area contributed by atoms with E-state index in [0.29, 0.717) is 32.3 Å². The molecule has 0 radical (unpaired) electrons. The van der Waals surface area contributed by atoms with Gasteiger partial charge in [-0.2, -0.15) is 9.59 Å². The number of ether oxygens (including phenoxy) is 1. The summed E-state index contributed by atoms with van der Waals surface area (Å²) < 4.78 is 5.00. The number of amides is 7. The van der Waals surface area contributed by atoms with Crippen LogP contribution in [0.15, 0.2) is 30.5 Å². The Labute approximate surface area is 303 Å². The summed E-state index contributed by atoms with van der Waals surface area (Å²) in [5, 5.41) is 11.1. The predicted molar refractivity (Wildman–Crippen MR) is 181 cm³/mol. The zero-order chi connectivity index (χ0) is 38.5. The van der Waals surface area contributed by atoms with Crippen LogP contribution in [-0.4, -0.2) is 144 Å². The number of carbonyl (C=O) groups is 8. The Morgan fingerprint density at radius 1 is 1.04 bits per heavy atom. The zero-order valence-corrected chi connectivity index (χ0v) is 29.0. The Morgan fingerprint density at radius 3 is 2.40 bits per heavy atom. The minimum atomic E-state index is -1.29. The van der Waals surface area contributed by atoms with Crippen LogP contribution in [0.1, 0.15) is 31.7 Å². The number of para-hydroxylation sites is 1. The molecule has 7 amide bonds. The van der Waals surface area contributed by atoms with Crippen LogP contribution in [0.4, 0.5) is 4.79 Å². The number of hydrogen-bond donors (Lipinski definition) is 5. The molecule has 1 aromatic heterocycles. The number of nitrogens with one attached hydrogen (secondary N) is 5. The maximum absolute atomic E-state index is 13.7. The number of rotatable bonds is 17. The third-order valence-electron chi connectivity index (χ3n) is 9.56. The second kappa shape index (κ2) is 19.1. The Balaban J connectivity index is 0.00000202. The molecule has 0 aliphatic carbocycles. The van der Waals surface area contributed by atoms with Gasteiger partial charge in [0, 0.05) is 75.1 Å². The normalized spacial score (nSPS) is 20.2. The van der Waals surface area contributed by atoms with Crippen LogP contribution >= 0.6 is 0 Å². The molecular weight excluding hydrogens is 696 g/mol. The number of H-pyrrole nitrogens is 1. The zero-order valence-electron chi connectivity index (χ0n) is 29.0. The first-order valence-electron chi connectivity index (χ1n) is 17.1. The SMILES string of the molecule is C[C@@H](C(=O)C[C@H](Cc1c[nH]c2ccccc12)C(=O)NC1CCOC1=O)N1CCN(C(=O)[C@H](CNC=O)N2C(=O)N[C@@H](CCNC=O)C2=O)CC1.O=C=O. The fourth-order valence-corrected chi connectivity index (χ4v) is 6.67. The number of Topliss-reactive ketones (excluding diaryl/α,β-unsaturated/α-hetero) is 1. The molecule has 3 aliphatic rings. The molecule has 53 heavy (non-hydrogen) atoms. The lowest BCUT2D eigenvalue weighted by atomic mass is 9.90. The quantitative estimate of drug-likeness (QED) is 0.0504. The summed E-state index contributed by atoms with van der Waals surface area (Å²) in [6, 6.07) is 3.30. The van der Waals surface area contributed by atoms with Gasteiger partial charge in [0.2, 0.25) is 24.6 Å². The lowest BCUT2D eigenvalue weighted by molar-refractivity contribution is -0.191. The maximum Gasteiger partial charge on any atom is 0.373 e. The molecule has 0 bridgehead atoms. The molecule has 3 aliphatic heterocycles. The fraction of sp³-hybridized carbons (Fsp3) is 0.500. The topological polar surface area (TPSA) is 254 Å². The number of benzene rings is 1. The van der Waals surface area contributed by atoms with Crippen molar-refractivity contribution in [3.05, 3.63) is 36.0 Å². The highest BCUT2D eigenvalue weighted by Gasteiger charge is 2.46. The van der Waals surface area contributed by atoms with E-state index < -0.39 is 59.8 Å². The van der Waals surface area contributed by atoms with E-state index >= 15 is 0 Å². The van der Waals surface area contributed by atoms with Crippen molar-refractivity contribution < 1.29 is 52.7 Å². The molecule has 284 valence electrons. The summed E-state index contributed by atoms with van der Waals surface area (Å²) in [7, 11) is 0. The van der Waals surface area contributed by atoms with E-state index in [9.17, 15) is 38.4 Å². The van der Waals surface area contributed by atoms with Gasteiger partial charge in [-0.15, -0.1) is 0 Å². The van der Waals surface area contributed by atoms with E-state index in [-0.39, 0.29) is 64.0 Å². The van der Waals surface area contributed by atoms with E-state index in [0.717, 1.165) is 21.4 Å². The van der Waals surface area contributed by atoms with Crippen LogP contribution in [0.3, 0.4) is 0 Å². The van der Waals surface area contributed by atoms with Gasteiger partial charge in [-0.05, 0) is 31.4 Å². The number of carbonyl (C=O) groups excluding carboxylic acids is 10. The number of hydrogen-bond acceptors (Lipinski definition) is 12. The summed E-state index contributed by atoms with van der Waals surface area (Å²) in [5.41, 5.74) is 1.77. The molecule has 19 heteroatoms. The number of ketones is 1. The number of esters is 1. The van der Waals surface area contributed by atoms with E-state index in [1.165, 1.54) is 4.90 Å². The molecular formula is C34H42N8O11. The molecule has 3 fully saturated rings. The van der Waals surface area contributed by atoms with Gasteiger partial charge in [0.1, 0.15) is 23.9 Å². The number of urea groups is 1. The summed E-state index contributed by atoms with van der Waals surface area (Å²) in [6.07, 6.45) is 3.60. The second-order valence-electron chi connectivity index (χ2n) is 12.7. The average molecular weight is 739 g/mol. The van der Waals surface area contributed by atoms with Gasteiger partial charge in [-0.3, -0.25) is 33.7 Å². The summed E-state index contributed by atoms with van der Waals surface area (Å²) in [6.45, 7) is 2.81. The molecule has 3 saturated heterocycles. The minimum Gasteiger partial charge on any atom is -0.464 e. The van der Waals surface area contributed by atoms with Crippen molar-refractivity contribution >= 4 is 65.4 Å². The Bertz CT molecular complexity index is 1720.